The number of esters is 1. The van der Waals surface area contributed by atoms with Crippen molar-refractivity contribution in [3.63, 3.8) is 0 Å². The number of rotatable bonds is 4. The fourth-order valence-electron chi connectivity index (χ4n) is 3.26. The Kier molecular flexibility index (Phi) is 5.71. The molecular weight excluding hydrogens is 374 g/mol. The number of ether oxygens (including phenoxy) is 1. The lowest BCUT2D eigenvalue weighted by atomic mass is 10.0. The van der Waals surface area contributed by atoms with Gasteiger partial charge in [-0.1, -0.05) is 49.7 Å². The molecule has 0 aliphatic carbocycles. The monoisotopic (exact) mass is 395 g/mol. The van der Waals surface area contributed by atoms with Crippen molar-refractivity contribution < 1.29 is 14.3 Å². The van der Waals surface area contributed by atoms with Gasteiger partial charge in [0.05, 0.1) is 18.3 Å². The SMILES string of the molecule is COC(=O)C1=C(C)N(c2ccc(C(C)C)cc2)C(=O)/C1=C\c1cccc(Cl)c1. The second kappa shape index (κ2) is 8.03. The molecule has 0 N–H and O–H groups in total. The molecule has 1 heterocycles. The Hall–Kier alpha value is -2.85. The number of nitrogens with zero attached hydrogens (tertiary/aromatic N) is 1. The van der Waals surface area contributed by atoms with Gasteiger partial charge in [-0.3, -0.25) is 9.69 Å². The molecule has 2 aromatic carbocycles. The van der Waals surface area contributed by atoms with E-state index in [1.54, 1.807) is 36.1 Å². The summed E-state index contributed by atoms with van der Waals surface area (Å²) in [5, 5.41) is 0.557. The van der Waals surface area contributed by atoms with Crippen molar-refractivity contribution in [1.29, 1.82) is 0 Å². The van der Waals surface area contributed by atoms with E-state index in [1.165, 1.54) is 12.7 Å². The van der Waals surface area contributed by atoms with Crippen LogP contribution in [0.15, 0.2) is 65.4 Å². The molecule has 0 atom stereocenters. The Labute approximate surface area is 170 Å². The largest absolute Gasteiger partial charge is 0.465 e. The number of methoxy groups -OCH3 is 1. The summed E-state index contributed by atoms with van der Waals surface area (Å²) < 4.78 is 4.94. The molecule has 3 rings (SSSR count). The van der Waals surface area contributed by atoms with Crippen LogP contribution in [-0.2, 0) is 14.3 Å². The predicted molar refractivity (Wildman–Crippen MR) is 112 cm³/mol. The molecule has 0 bridgehead atoms. The topological polar surface area (TPSA) is 46.6 Å². The minimum absolute atomic E-state index is 0.264. The highest BCUT2D eigenvalue weighted by Gasteiger charge is 2.37. The number of carbonyl (C=O) groups is 2. The molecule has 0 unspecified atom stereocenters. The molecular formula is C23H22ClNO3. The third-order valence-electron chi connectivity index (χ3n) is 4.77. The number of allylic oxidation sites excluding steroid dienone is 1. The minimum atomic E-state index is -0.541. The van der Waals surface area contributed by atoms with E-state index in [0.717, 1.165) is 5.56 Å². The van der Waals surface area contributed by atoms with Crippen molar-refractivity contribution >= 4 is 35.2 Å². The Balaban J connectivity index is 2.09. The van der Waals surface area contributed by atoms with Crippen molar-refractivity contribution in [1.82, 2.24) is 0 Å². The van der Waals surface area contributed by atoms with Gasteiger partial charge in [-0.25, -0.2) is 4.79 Å². The average Bonchev–Trinajstić information content (AvgIpc) is 2.91. The van der Waals surface area contributed by atoms with Gasteiger partial charge in [-0.05, 0) is 54.3 Å². The Morgan fingerprint density at radius 3 is 2.39 bits per heavy atom. The predicted octanol–water partition coefficient (Wildman–Crippen LogP) is 5.34. The van der Waals surface area contributed by atoms with Crippen molar-refractivity contribution in [3.05, 3.63) is 81.5 Å². The van der Waals surface area contributed by atoms with Crippen LogP contribution < -0.4 is 4.90 Å². The maximum Gasteiger partial charge on any atom is 0.340 e. The van der Waals surface area contributed by atoms with Crippen LogP contribution in [0.25, 0.3) is 6.08 Å². The summed E-state index contributed by atoms with van der Waals surface area (Å²) >= 11 is 6.06. The van der Waals surface area contributed by atoms with Gasteiger partial charge in [-0.2, -0.15) is 0 Å². The molecule has 0 radical (unpaired) electrons. The van der Waals surface area contributed by atoms with Crippen LogP contribution >= 0.6 is 11.6 Å². The third kappa shape index (κ3) is 3.73. The molecule has 5 heteroatoms. The van der Waals surface area contributed by atoms with Crippen LogP contribution in [-0.4, -0.2) is 19.0 Å². The van der Waals surface area contributed by atoms with E-state index in [4.69, 9.17) is 16.3 Å². The molecule has 0 aromatic heterocycles. The molecule has 28 heavy (non-hydrogen) atoms. The third-order valence-corrected chi connectivity index (χ3v) is 5.00. The normalized spacial score (nSPS) is 15.7. The zero-order chi connectivity index (χ0) is 20.4. The highest BCUT2D eigenvalue weighted by Crippen LogP contribution is 2.36. The zero-order valence-electron chi connectivity index (χ0n) is 16.3. The van der Waals surface area contributed by atoms with Gasteiger partial charge in [0.25, 0.3) is 5.91 Å². The Bertz CT molecular complexity index is 987. The highest BCUT2D eigenvalue weighted by atomic mass is 35.5. The van der Waals surface area contributed by atoms with Gasteiger partial charge in [-0.15, -0.1) is 0 Å². The number of hydrogen-bond acceptors (Lipinski definition) is 3. The molecule has 2 aromatic rings. The Morgan fingerprint density at radius 1 is 1.14 bits per heavy atom. The van der Waals surface area contributed by atoms with Gasteiger partial charge in [0.1, 0.15) is 0 Å². The van der Waals surface area contributed by atoms with Gasteiger partial charge >= 0.3 is 5.97 Å². The van der Waals surface area contributed by atoms with Crippen LogP contribution in [0.5, 0.6) is 0 Å². The van der Waals surface area contributed by atoms with E-state index < -0.39 is 5.97 Å². The van der Waals surface area contributed by atoms with Crippen LogP contribution in [0, 0.1) is 0 Å². The highest BCUT2D eigenvalue weighted by molar-refractivity contribution is 6.30. The smallest absolute Gasteiger partial charge is 0.340 e. The van der Waals surface area contributed by atoms with Gasteiger partial charge in [0, 0.05) is 16.4 Å². The van der Waals surface area contributed by atoms with Gasteiger partial charge in [0.15, 0.2) is 0 Å². The first-order valence-corrected chi connectivity index (χ1v) is 9.42. The number of halogens is 1. The number of hydrogen-bond donors (Lipinski definition) is 0. The average molecular weight is 396 g/mol. The molecule has 0 fully saturated rings. The van der Waals surface area contributed by atoms with Crippen LogP contribution in [0.4, 0.5) is 5.69 Å². The lowest BCUT2D eigenvalue weighted by Gasteiger charge is -2.19. The maximum atomic E-state index is 13.2. The summed E-state index contributed by atoms with van der Waals surface area (Å²) in [6.45, 7) is 5.98. The number of amides is 1. The standard InChI is InChI=1S/C23H22ClNO3/c1-14(2)17-8-10-19(11-9-17)25-15(3)21(23(27)28-4)20(22(25)26)13-16-6-5-7-18(24)12-16/h5-14H,1-4H3/b20-13-. The first kappa shape index (κ1) is 19.9. The fourth-order valence-corrected chi connectivity index (χ4v) is 3.46. The maximum absolute atomic E-state index is 13.2. The summed E-state index contributed by atoms with van der Waals surface area (Å²) in [4.78, 5) is 27.2. The second-order valence-electron chi connectivity index (χ2n) is 6.95. The van der Waals surface area contributed by atoms with Crippen LogP contribution in [0.2, 0.25) is 5.02 Å². The lowest BCUT2D eigenvalue weighted by molar-refractivity contribution is -0.136. The van der Waals surface area contributed by atoms with Crippen molar-refractivity contribution in [3.8, 4) is 0 Å². The molecule has 0 spiro atoms. The van der Waals surface area contributed by atoms with Crippen molar-refractivity contribution in [2.24, 2.45) is 0 Å². The number of carbonyl (C=O) groups excluding carboxylic acids is 2. The molecule has 1 aliphatic rings. The summed E-state index contributed by atoms with van der Waals surface area (Å²) in [6.07, 6.45) is 1.67. The minimum Gasteiger partial charge on any atom is -0.465 e. The van der Waals surface area contributed by atoms with Gasteiger partial charge in [0.2, 0.25) is 0 Å². The summed E-state index contributed by atoms with van der Waals surface area (Å²) in [5.41, 5.74) is 3.73. The first-order chi connectivity index (χ1) is 13.3. The Morgan fingerprint density at radius 2 is 1.82 bits per heavy atom. The summed E-state index contributed by atoms with van der Waals surface area (Å²) in [7, 11) is 1.31. The van der Waals surface area contributed by atoms with Crippen molar-refractivity contribution in [2.75, 3.05) is 12.0 Å². The van der Waals surface area contributed by atoms with E-state index in [2.05, 4.69) is 13.8 Å². The first-order valence-electron chi connectivity index (χ1n) is 9.04. The summed E-state index contributed by atoms with van der Waals surface area (Å²) in [6, 6.07) is 14.9. The molecule has 0 saturated heterocycles. The van der Waals surface area contributed by atoms with E-state index in [9.17, 15) is 9.59 Å². The van der Waals surface area contributed by atoms with Gasteiger partial charge < -0.3 is 4.74 Å². The number of benzene rings is 2. The van der Waals surface area contributed by atoms with Crippen LogP contribution in [0.1, 0.15) is 37.8 Å². The number of anilines is 1. The van der Waals surface area contributed by atoms with E-state index in [1.807, 2.05) is 30.3 Å². The van der Waals surface area contributed by atoms with E-state index in [0.29, 0.717) is 27.9 Å². The van der Waals surface area contributed by atoms with E-state index in [-0.39, 0.29) is 11.5 Å². The zero-order valence-corrected chi connectivity index (χ0v) is 17.1. The quantitative estimate of drug-likeness (QED) is 0.518. The van der Waals surface area contributed by atoms with Crippen LogP contribution in [0.3, 0.4) is 0 Å². The lowest BCUT2D eigenvalue weighted by Crippen LogP contribution is -2.24. The summed E-state index contributed by atoms with van der Waals surface area (Å²) in [5.74, 6) is -0.417. The van der Waals surface area contributed by atoms with E-state index >= 15 is 0 Å². The molecule has 1 amide bonds. The fraction of sp³-hybridized carbons (Fsp3) is 0.217. The molecule has 0 saturated carbocycles. The van der Waals surface area contributed by atoms with Crippen molar-refractivity contribution in [2.45, 2.75) is 26.7 Å². The molecule has 1 aliphatic heterocycles. The molecule has 4 nitrogen and oxygen atoms in total. The molecule has 144 valence electrons. The second-order valence-corrected chi connectivity index (χ2v) is 7.39.